The van der Waals surface area contributed by atoms with E-state index in [0.717, 1.165) is 9.36 Å². The summed E-state index contributed by atoms with van der Waals surface area (Å²) in [7, 11) is 0. The van der Waals surface area contributed by atoms with Gasteiger partial charge in [-0.15, -0.1) is 6.58 Å². The molecule has 0 N–H and O–H groups in total. The number of hydrogen-bond acceptors (Lipinski definition) is 3. The molecule has 0 aliphatic carbocycles. The number of nitrogens with zero attached hydrogens (tertiary/aromatic N) is 4. The lowest BCUT2D eigenvalue weighted by Gasteiger charge is -2.03. The Kier molecular flexibility index (Phi) is 3.75. The molecule has 1 aromatic heterocycles. The topological polar surface area (TPSA) is 52.7 Å². The fourth-order valence-electron chi connectivity index (χ4n) is 1.34. The Bertz CT molecular complexity index is 662. The molecule has 0 amide bonds. The second-order valence-electron chi connectivity index (χ2n) is 3.36. The number of rotatable bonds is 3. The van der Waals surface area contributed by atoms with Crippen molar-refractivity contribution < 1.29 is 0 Å². The van der Waals surface area contributed by atoms with Gasteiger partial charge in [0.05, 0.1) is 27.3 Å². The predicted molar refractivity (Wildman–Crippen MR) is 70.8 cm³/mol. The monoisotopic (exact) mass is 304 g/mol. The first-order valence-electron chi connectivity index (χ1n) is 4.83. The van der Waals surface area contributed by atoms with E-state index in [4.69, 9.17) is 34.8 Å². The fourth-order valence-corrected chi connectivity index (χ4v) is 1.96. The maximum Gasteiger partial charge on any atom is 0.368 e. The van der Waals surface area contributed by atoms with Crippen LogP contribution in [0.15, 0.2) is 29.6 Å². The van der Waals surface area contributed by atoms with Crippen LogP contribution in [0, 0.1) is 0 Å². The van der Waals surface area contributed by atoms with Gasteiger partial charge in [0.25, 0.3) is 0 Å². The van der Waals surface area contributed by atoms with E-state index in [9.17, 15) is 4.79 Å². The van der Waals surface area contributed by atoms with Gasteiger partial charge in [0.1, 0.15) is 0 Å². The van der Waals surface area contributed by atoms with Crippen molar-refractivity contribution in [1.82, 2.24) is 19.8 Å². The Morgan fingerprint density at radius 3 is 2.50 bits per heavy atom. The van der Waals surface area contributed by atoms with Gasteiger partial charge in [-0.2, -0.15) is 9.36 Å². The smallest absolute Gasteiger partial charge is 0.244 e. The van der Waals surface area contributed by atoms with E-state index in [1.165, 1.54) is 18.2 Å². The third kappa shape index (κ3) is 2.29. The molecule has 8 heteroatoms. The van der Waals surface area contributed by atoms with Crippen molar-refractivity contribution in [2.75, 3.05) is 0 Å². The summed E-state index contributed by atoms with van der Waals surface area (Å²) in [6, 6.07) is 2.90. The summed E-state index contributed by atoms with van der Waals surface area (Å²) in [6.45, 7) is 3.78. The minimum absolute atomic E-state index is 0.261. The highest BCUT2D eigenvalue weighted by atomic mass is 35.5. The number of allylic oxidation sites excluding steroid dienone is 1. The molecule has 0 radical (unpaired) electrons. The molecule has 0 saturated carbocycles. The number of hydrogen-bond donors (Lipinski definition) is 0. The molecular formula is C10H7Cl3N4O. The Labute approximate surface area is 117 Å². The molecule has 2 aromatic rings. The summed E-state index contributed by atoms with van der Waals surface area (Å²) in [5.74, 6) is 0. The molecule has 1 aromatic carbocycles. The first-order valence-corrected chi connectivity index (χ1v) is 5.96. The van der Waals surface area contributed by atoms with Gasteiger partial charge in [-0.05, 0) is 22.6 Å². The standard InChI is InChI=1S/C10H7Cl3N4O/c1-2-3-16-10(18)17(15-14-16)9-5-7(12)6(11)4-8(9)13/h2,4-5H,1,3H2. The van der Waals surface area contributed by atoms with Crippen molar-refractivity contribution >= 4 is 34.8 Å². The quantitative estimate of drug-likeness (QED) is 0.647. The van der Waals surface area contributed by atoms with Crippen molar-refractivity contribution in [3.05, 3.63) is 50.3 Å². The lowest BCUT2D eigenvalue weighted by molar-refractivity contribution is 0.644. The van der Waals surface area contributed by atoms with Crippen molar-refractivity contribution in [2.24, 2.45) is 0 Å². The van der Waals surface area contributed by atoms with Gasteiger partial charge in [0, 0.05) is 0 Å². The van der Waals surface area contributed by atoms with Crippen LogP contribution in [0.2, 0.25) is 15.1 Å². The highest BCUT2D eigenvalue weighted by Crippen LogP contribution is 2.30. The van der Waals surface area contributed by atoms with Crippen LogP contribution >= 0.6 is 34.8 Å². The molecule has 94 valence electrons. The van der Waals surface area contributed by atoms with E-state index in [2.05, 4.69) is 17.0 Å². The number of halogens is 3. The van der Waals surface area contributed by atoms with E-state index in [1.807, 2.05) is 0 Å². The minimum Gasteiger partial charge on any atom is -0.244 e. The van der Waals surface area contributed by atoms with Crippen molar-refractivity contribution in [3.63, 3.8) is 0 Å². The van der Waals surface area contributed by atoms with Crippen LogP contribution in [0.4, 0.5) is 0 Å². The summed E-state index contributed by atoms with van der Waals surface area (Å²) >= 11 is 17.7. The zero-order valence-electron chi connectivity index (χ0n) is 8.98. The van der Waals surface area contributed by atoms with E-state index in [0.29, 0.717) is 10.7 Å². The Hall–Kier alpha value is -1.30. The van der Waals surface area contributed by atoms with Crippen LogP contribution < -0.4 is 5.69 Å². The van der Waals surface area contributed by atoms with Gasteiger partial charge in [-0.3, -0.25) is 0 Å². The third-order valence-corrected chi connectivity index (χ3v) is 3.18. The van der Waals surface area contributed by atoms with Gasteiger partial charge in [-0.1, -0.05) is 40.9 Å². The van der Waals surface area contributed by atoms with Crippen LogP contribution in [0.1, 0.15) is 0 Å². The van der Waals surface area contributed by atoms with Crippen LogP contribution in [0.3, 0.4) is 0 Å². The molecule has 18 heavy (non-hydrogen) atoms. The van der Waals surface area contributed by atoms with E-state index in [-0.39, 0.29) is 16.6 Å². The Morgan fingerprint density at radius 1 is 1.17 bits per heavy atom. The lowest BCUT2D eigenvalue weighted by atomic mass is 10.3. The van der Waals surface area contributed by atoms with E-state index in [1.54, 1.807) is 0 Å². The molecular weight excluding hydrogens is 298 g/mol. The van der Waals surface area contributed by atoms with Crippen LogP contribution in [0.5, 0.6) is 0 Å². The molecule has 1 heterocycles. The van der Waals surface area contributed by atoms with Gasteiger partial charge < -0.3 is 0 Å². The maximum atomic E-state index is 11.9. The average Bonchev–Trinajstić information content (AvgIpc) is 2.67. The zero-order valence-corrected chi connectivity index (χ0v) is 11.2. The first-order chi connectivity index (χ1) is 8.54. The lowest BCUT2D eigenvalue weighted by Crippen LogP contribution is -2.24. The molecule has 0 bridgehead atoms. The van der Waals surface area contributed by atoms with Crippen molar-refractivity contribution in [1.29, 1.82) is 0 Å². The summed E-state index contributed by atoms with van der Waals surface area (Å²) < 4.78 is 2.19. The summed E-state index contributed by atoms with van der Waals surface area (Å²) in [4.78, 5) is 11.9. The normalized spacial score (nSPS) is 10.6. The van der Waals surface area contributed by atoms with Crippen LogP contribution in [-0.2, 0) is 6.54 Å². The maximum absolute atomic E-state index is 11.9. The van der Waals surface area contributed by atoms with Gasteiger partial charge in [-0.25, -0.2) is 4.79 Å². The van der Waals surface area contributed by atoms with Crippen LogP contribution in [-0.4, -0.2) is 19.8 Å². The molecule has 0 saturated heterocycles. The van der Waals surface area contributed by atoms with E-state index < -0.39 is 5.69 Å². The molecule has 0 atom stereocenters. The van der Waals surface area contributed by atoms with Crippen LogP contribution in [0.25, 0.3) is 5.69 Å². The van der Waals surface area contributed by atoms with Gasteiger partial charge >= 0.3 is 5.69 Å². The molecule has 0 aliphatic heterocycles. The predicted octanol–water partition coefficient (Wildman–Crippen LogP) is 2.58. The molecule has 2 rings (SSSR count). The highest BCUT2D eigenvalue weighted by Gasteiger charge is 2.13. The zero-order chi connectivity index (χ0) is 13.3. The molecule has 5 nitrogen and oxygen atoms in total. The Balaban J connectivity index is 2.59. The molecule has 0 aliphatic rings. The van der Waals surface area contributed by atoms with Crippen molar-refractivity contribution in [2.45, 2.75) is 6.54 Å². The second-order valence-corrected chi connectivity index (χ2v) is 4.58. The SMILES string of the molecule is C=CCn1nnn(-c2cc(Cl)c(Cl)cc2Cl)c1=O. The summed E-state index contributed by atoms with van der Waals surface area (Å²) in [6.07, 6.45) is 1.54. The molecule has 0 spiro atoms. The second kappa shape index (κ2) is 5.14. The van der Waals surface area contributed by atoms with Gasteiger partial charge in [0.15, 0.2) is 0 Å². The minimum atomic E-state index is -0.435. The van der Waals surface area contributed by atoms with E-state index >= 15 is 0 Å². The summed E-state index contributed by atoms with van der Waals surface area (Å²) in [5, 5.41) is 8.25. The number of aromatic nitrogens is 4. The molecule has 0 unspecified atom stereocenters. The average molecular weight is 306 g/mol. The third-order valence-electron chi connectivity index (χ3n) is 2.16. The first kappa shape index (κ1) is 13.1. The summed E-state index contributed by atoms with van der Waals surface area (Å²) in [5.41, 5.74) is -0.110. The fraction of sp³-hybridized carbons (Fsp3) is 0.100. The number of tetrazole rings is 1. The van der Waals surface area contributed by atoms with Gasteiger partial charge in [0.2, 0.25) is 0 Å². The molecule has 0 fully saturated rings. The number of benzene rings is 1. The van der Waals surface area contributed by atoms with Crippen molar-refractivity contribution in [3.8, 4) is 5.69 Å². The highest BCUT2D eigenvalue weighted by molar-refractivity contribution is 6.43. The largest absolute Gasteiger partial charge is 0.368 e. The Morgan fingerprint density at radius 2 is 1.83 bits per heavy atom.